The monoisotopic (exact) mass is 283 g/mol. The predicted molar refractivity (Wildman–Crippen MR) is 83.8 cm³/mol. The third-order valence-corrected chi connectivity index (χ3v) is 4.07. The minimum Gasteiger partial charge on any atom is -0.352 e. The van der Waals surface area contributed by atoms with Crippen LogP contribution in [-0.2, 0) is 11.3 Å². The van der Waals surface area contributed by atoms with Crippen molar-refractivity contribution in [3.63, 3.8) is 0 Å². The van der Waals surface area contributed by atoms with Crippen molar-refractivity contribution in [1.29, 1.82) is 0 Å². The number of amides is 1. The molecule has 1 aliphatic heterocycles. The Balaban J connectivity index is 1.54. The zero-order valence-corrected chi connectivity index (χ0v) is 12.1. The number of carbonyl (C=O) groups excluding carboxylic acids is 1. The van der Waals surface area contributed by atoms with E-state index in [1.807, 2.05) is 30.3 Å². The molecule has 0 radical (unpaired) electrons. The largest absolute Gasteiger partial charge is 0.352 e. The van der Waals surface area contributed by atoms with Gasteiger partial charge < -0.3 is 10.6 Å². The van der Waals surface area contributed by atoms with Gasteiger partial charge in [0.05, 0.1) is 5.52 Å². The molecule has 1 aromatic heterocycles. The van der Waals surface area contributed by atoms with E-state index < -0.39 is 0 Å². The van der Waals surface area contributed by atoms with Crippen LogP contribution in [0, 0.1) is 0 Å². The Morgan fingerprint density at radius 2 is 2.24 bits per heavy atom. The van der Waals surface area contributed by atoms with Crippen molar-refractivity contribution in [1.82, 2.24) is 15.6 Å². The fourth-order valence-electron chi connectivity index (χ4n) is 2.90. The van der Waals surface area contributed by atoms with Crippen LogP contribution in [0.2, 0.25) is 0 Å². The van der Waals surface area contributed by atoms with Crippen LogP contribution in [0.15, 0.2) is 36.5 Å². The first kappa shape index (κ1) is 14.0. The molecule has 1 aliphatic rings. The Labute approximate surface area is 125 Å². The van der Waals surface area contributed by atoms with Gasteiger partial charge in [0.25, 0.3) is 0 Å². The van der Waals surface area contributed by atoms with Gasteiger partial charge in [0, 0.05) is 30.6 Å². The Morgan fingerprint density at radius 3 is 3.10 bits per heavy atom. The maximum atomic E-state index is 11.9. The Hall–Kier alpha value is -1.94. The van der Waals surface area contributed by atoms with Crippen LogP contribution >= 0.6 is 0 Å². The Morgan fingerprint density at radius 1 is 1.33 bits per heavy atom. The van der Waals surface area contributed by atoms with Gasteiger partial charge in [-0.1, -0.05) is 24.3 Å². The molecular formula is C17H21N3O. The van der Waals surface area contributed by atoms with Gasteiger partial charge in [-0.25, -0.2) is 0 Å². The summed E-state index contributed by atoms with van der Waals surface area (Å²) in [6.45, 7) is 1.64. The summed E-state index contributed by atoms with van der Waals surface area (Å²) in [5, 5.41) is 7.54. The minimum absolute atomic E-state index is 0.122. The molecule has 2 aromatic rings. The van der Waals surface area contributed by atoms with Crippen molar-refractivity contribution in [2.75, 3.05) is 6.54 Å². The smallest absolute Gasteiger partial charge is 0.220 e. The number of nitrogens with zero attached hydrogens (tertiary/aromatic N) is 1. The molecule has 1 unspecified atom stereocenters. The number of aromatic nitrogens is 1. The van der Waals surface area contributed by atoms with Gasteiger partial charge in [0.15, 0.2) is 0 Å². The summed E-state index contributed by atoms with van der Waals surface area (Å²) in [6.07, 6.45) is 5.74. The lowest BCUT2D eigenvalue weighted by Crippen LogP contribution is -2.27. The van der Waals surface area contributed by atoms with Gasteiger partial charge in [-0.3, -0.25) is 9.78 Å². The quantitative estimate of drug-likeness (QED) is 0.886. The minimum atomic E-state index is 0.122. The van der Waals surface area contributed by atoms with E-state index in [2.05, 4.69) is 15.6 Å². The Bertz CT molecular complexity index is 615. The van der Waals surface area contributed by atoms with Gasteiger partial charge in [0.1, 0.15) is 0 Å². The molecule has 21 heavy (non-hydrogen) atoms. The molecule has 1 saturated heterocycles. The summed E-state index contributed by atoms with van der Waals surface area (Å²) >= 11 is 0. The number of rotatable bonds is 5. The summed E-state index contributed by atoms with van der Waals surface area (Å²) in [4.78, 5) is 16.4. The fourth-order valence-corrected chi connectivity index (χ4v) is 2.90. The lowest BCUT2D eigenvalue weighted by molar-refractivity contribution is -0.121. The van der Waals surface area contributed by atoms with Crippen molar-refractivity contribution < 1.29 is 4.79 Å². The maximum absolute atomic E-state index is 11.9. The van der Waals surface area contributed by atoms with E-state index >= 15 is 0 Å². The summed E-state index contributed by atoms with van der Waals surface area (Å²) in [5.74, 6) is 0.122. The number of hydrogen-bond donors (Lipinski definition) is 2. The molecule has 1 amide bonds. The number of pyridine rings is 1. The average molecular weight is 283 g/mol. The van der Waals surface area contributed by atoms with E-state index in [0.717, 1.165) is 29.4 Å². The molecule has 2 heterocycles. The molecule has 4 heteroatoms. The summed E-state index contributed by atoms with van der Waals surface area (Å²) < 4.78 is 0. The van der Waals surface area contributed by atoms with Crippen molar-refractivity contribution >= 4 is 16.8 Å². The first-order valence-corrected chi connectivity index (χ1v) is 7.65. The summed E-state index contributed by atoms with van der Waals surface area (Å²) in [6, 6.07) is 10.6. The van der Waals surface area contributed by atoms with E-state index in [1.165, 1.54) is 12.8 Å². The highest BCUT2D eigenvalue weighted by Crippen LogP contribution is 2.16. The fraction of sp³-hybridized carbons (Fsp3) is 0.412. The number of para-hydroxylation sites is 1. The molecule has 1 atom stereocenters. The molecule has 0 bridgehead atoms. The molecule has 1 fully saturated rings. The molecule has 110 valence electrons. The molecular weight excluding hydrogens is 262 g/mol. The van der Waals surface area contributed by atoms with E-state index in [4.69, 9.17) is 0 Å². The van der Waals surface area contributed by atoms with Crippen molar-refractivity contribution in [3.8, 4) is 0 Å². The second-order valence-corrected chi connectivity index (χ2v) is 5.60. The van der Waals surface area contributed by atoms with Gasteiger partial charge >= 0.3 is 0 Å². The molecule has 0 saturated carbocycles. The SMILES string of the molecule is O=C(CCC1CCCN1)NCc1cccc2cccnc12. The topological polar surface area (TPSA) is 54.0 Å². The predicted octanol–water partition coefficient (Wildman–Crippen LogP) is 2.38. The lowest BCUT2D eigenvalue weighted by Gasteiger charge is -2.10. The van der Waals surface area contributed by atoms with Crippen molar-refractivity contribution in [2.45, 2.75) is 38.3 Å². The standard InChI is InChI=1S/C17H21N3O/c21-16(9-8-15-7-3-10-18-15)20-12-14-5-1-4-13-6-2-11-19-17(13)14/h1-2,4-6,11,15,18H,3,7-10,12H2,(H,20,21). The van der Waals surface area contributed by atoms with Crippen molar-refractivity contribution in [2.24, 2.45) is 0 Å². The second-order valence-electron chi connectivity index (χ2n) is 5.60. The van der Waals surface area contributed by atoms with Crippen LogP contribution in [0.5, 0.6) is 0 Å². The zero-order chi connectivity index (χ0) is 14.5. The van der Waals surface area contributed by atoms with Crippen LogP contribution in [0.25, 0.3) is 10.9 Å². The molecule has 4 nitrogen and oxygen atoms in total. The molecule has 0 aliphatic carbocycles. The third-order valence-electron chi connectivity index (χ3n) is 4.07. The number of carbonyl (C=O) groups is 1. The van der Waals surface area contributed by atoms with Gasteiger partial charge in [-0.2, -0.15) is 0 Å². The summed E-state index contributed by atoms with van der Waals surface area (Å²) in [5.41, 5.74) is 2.04. The van der Waals surface area contributed by atoms with Gasteiger partial charge in [-0.15, -0.1) is 0 Å². The normalized spacial score (nSPS) is 18.0. The average Bonchev–Trinajstić information content (AvgIpc) is 3.04. The van der Waals surface area contributed by atoms with Crippen LogP contribution in [0.3, 0.4) is 0 Å². The zero-order valence-electron chi connectivity index (χ0n) is 12.1. The first-order valence-electron chi connectivity index (χ1n) is 7.65. The summed E-state index contributed by atoms with van der Waals surface area (Å²) in [7, 11) is 0. The molecule has 2 N–H and O–H groups in total. The second kappa shape index (κ2) is 6.68. The number of benzene rings is 1. The molecule has 0 spiro atoms. The molecule has 3 rings (SSSR count). The maximum Gasteiger partial charge on any atom is 0.220 e. The van der Waals surface area contributed by atoms with E-state index in [1.54, 1.807) is 6.20 Å². The number of fused-ring (bicyclic) bond motifs is 1. The highest BCUT2D eigenvalue weighted by molar-refractivity contribution is 5.82. The van der Waals surface area contributed by atoms with E-state index in [-0.39, 0.29) is 5.91 Å². The highest BCUT2D eigenvalue weighted by atomic mass is 16.1. The molecule has 1 aromatic carbocycles. The number of hydrogen-bond acceptors (Lipinski definition) is 3. The first-order chi connectivity index (χ1) is 10.3. The van der Waals surface area contributed by atoms with Gasteiger partial charge in [0.2, 0.25) is 5.91 Å². The van der Waals surface area contributed by atoms with Crippen LogP contribution in [0.1, 0.15) is 31.2 Å². The highest BCUT2D eigenvalue weighted by Gasteiger charge is 2.15. The van der Waals surface area contributed by atoms with Gasteiger partial charge in [-0.05, 0) is 37.4 Å². The number of nitrogens with one attached hydrogen (secondary N) is 2. The van der Waals surface area contributed by atoms with E-state index in [9.17, 15) is 4.79 Å². The van der Waals surface area contributed by atoms with Crippen LogP contribution in [-0.4, -0.2) is 23.5 Å². The van der Waals surface area contributed by atoms with Crippen LogP contribution in [0.4, 0.5) is 0 Å². The van der Waals surface area contributed by atoms with Crippen LogP contribution < -0.4 is 10.6 Å². The third kappa shape index (κ3) is 3.58. The lowest BCUT2D eigenvalue weighted by atomic mass is 10.1. The van der Waals surface area contributed by atoms with E-state index in [0.29, 0.717) is 19.0 Å². The Kier molecular flexibility index (Phi) is 4.46. The van der Waals surface area contributed by atoms with Crippen molar-refractivity contribution in [3.05, 3.63) is 42.1 Å².